The number of benzene rings is 1. The summed E-state index contributed by atoms with van der Waals surface area (Å²) in [4.78, 5) is 1.70. The number of nitrogen functional groups attached to an aromatic ring is 1. The van der Waals surface area contributed by atoms with Gasteiger partial charge in [0.05, 0.1) is 0 Å². The van der Waals surface area contributed by atoms with Gasteiger partial charge in [0, 0.05) is 35.8 Å². The Bertz CT molecular complexity index is 623. The predicted molar refractivity (Wildman–Crippen MR) is 79.4 cm³/mol. The number of nitrogens with two attached hydrogens (primary N) is 1. The van der Waals surface area contributed by atoms with Gasteiger partial charge in [-0.1, -0.05) is 0 Å². The second-order valence-corrected chi connectivity index (χ2v) is 7.76. The van der Waals surface area contributed by atoms with Gasteiger partial charge in [-0.25, -0.2) is 12.8 Å². The van der Waals surface area contributed by atoms with Gasteiger partial charge in [0.2, 0.25) is 10.0 Å². The van der Waals surface area contributed by atoms with Crippen LogP contribution in [-0.4, -0.2) is 50.3 Å². The molecule has 0 bridgehead atoms. The van der Waals surface area contributed by atoms with E-state index in [2.05, 4.69) is 20.8 Å². The minimum Gasteiger partial charge on any atom is -0.398 e. The number of rotatable bonds is 2. The SMILES string of the molecule is CC1CN(S(=O)(=O)c2cc(N)c(Br)cc2F)CCN1C. The third kappa shape index (κ3) is 2.83. The van der Waals surface area contributed by atoms with E-state index in [0.717, 1.165) is 12.1 Å². The smallest absolute Gasteiger partial charge is 0.246 e. The van der Waals surface area contributed by atoms with E-state index >= 15 is 0 Å². The maximum absolute atomic E-state index is 14.0. The summed E-state index contributed by atoms with van der Waals surface area (Å²) < 4.78 is 40.7. The monoisotopic (exact) mass is 365 g/mol. The summed E-state index contributed by atoms with van der Waals surface area (Å²) in [6.07, 6.45) is 0. The fourth-order valence-corrected chi connectivity index (χ4v) is 4.02. The number of anilines is 1. The molecule has 0 radical (unpaired) electrons. The maximum atomic E-state index is 14.0. The van der Waals surface area contributed by atoms with Crippen molar-refractivity contribution in [3.05, 3.63) is 22.4 Å². The Hall–Kier alpha value is -0.700. The highest BCUT2D eigenvalue weighted by atomic mass is 79.9. The van der Waals surface area contributed by atoms with Crippen molar-refractivity contribution in [1.82, 2.24) is 9.21 Å². The zero-order valence-electron chi connectivity index (χ0n) is 11.3. The van der Waals surface area contributed by atoms with Gasteiger partial charge in [-0.05, 0) is 42.0 Å². The van der Waals surface area contributed by atoms with Gasteiger partial charge in [0.25, 0.3) is 0 Å². The number of hydrogen-bond acceptors (Lipinski definition) is 4. The first-order valence-corrected chi connectivity index (χ1v) is 8.41. The summed E-state index contributed by atoms with van der Waals surface area (Å²) in [5, 5.41) is 0. The Kier molecular flexibility index (Phi) is 4.38. The largest absolute Gasteiger partial charge is 0.398 e. The first kappa shape index (κ1) is 15.7. The molecule has 8 heteroatoms. The minimum absolute atomic E-state index is 0.0920. The average molecular weight is 366 g/mol. The first-order valence-electron chi connectivity index (χ1n) is 6.18. The van der Waals surface area contributed by atoms with Crippen molar-refractivity contribution >= 4 is 31.6 Å². The summed E-state index contributed by atoms with van der Waals surface area (Å²) in [6.45, 7) is 3.24. The van der Waals surface area contributed by atoms with Crippen LogP contribution in [0.15, 0.2) is 21.5 Å². The number of likely N-dealkylation sites (N-methyl/N-ethyl adjacent to an activating group) is 1. The highest BCUT2D eigenvalue weighted by Gasteiger charge is 2.33. The topological polar surface area (TPSA) is 66.6 Å². The van der Waals surface area contributed by atoms with Crippen LogP contribution in [0, 0.1) is 5.82 Å². The van der Waals surface area contributed by atoms with E-state index in [4.69, 9.17) is 5.73 Å². The van der Waals surface area contributed by atoms with E-state index in [0.29, 0.717) is 24.1 Å². The standard InChI is InChI=1S/C12H17BrFN3O2S/c1-8-7-17(4-3-16(8)2)20(18,19)12-6-11(15)9(13)5-10(12)14/h5-6,8H,3-4,7,15H2,1-2H3. The second-order valence-electron chi connectivity index (χ2n) is 5.00. The lowest BCUT2D eigenvalue weighted by Crippen LogP contribution is -2.51. The number of nitrogens with zero attached hydrogens (tertiary/aromatic N) is 2. The zero-order valence-corrected chi connectivity index (χ0v) is 13.7. The van der Waals surface area contributed by atoms with Gasteiger partial charge in [-0.3, -0.25) is 0 Å². The molecule has 1 saturated heterocycles. The Labute approximate surface area is 126 Å². The molecule has 1 fully saturated rings. The van der Waals surface area contributed by atoms with Crippen LogP contribution in [0.5, 0.6) is 0 Å². The zero-order chi connectivity index (χ0) is 15.1. The molecule has 2 N–H and O–H groups in total. The van der Waals surface area contributed by atoms with Gasteiger partial charge in [-0.2, -0.15) is 4.31 Å². The van der Waals surface area contributed by atoms with Crippen LogP contribution in [0.25, 0.3) is 0 Å². The van der Waals surface area contributed by atoms with E-state index in [1.54, 1.807) is 0 Å². The lowest BCUT2D eigenvalue weighted by molar-refractivity contribution is 0.159. The number of hydrogen-bond donors (Lipinski definition) is 1. The lowest BCUT2D eigenvalue weighted by atomic mass is 10.2. The highest BCUT2D eigenvalue weighted by molar-refractivity contribution is 9.10. The van der Waals surface area contributed by atoms with Gasteiger partial charge >= 0.3 is 0 Å². The molecule has 1 aliphatic heterocycles. The van der Waals surface area contributed by atoms with Crippen LogP contribution in [0.1, 0.15) is 6.92 Å². The Morgan fingerprint density at radius 2 is 2.05 bits per heavy atom. The molecular formula is C12H17BrFN3O2S. The molecule has 1 atom stereocenters. The van der Waals surface area contributed by atoms with Crippen molar-refractivity contribution in [3.8, 4) is 0 Å². The predicted octanol–water partition coefficient (Wildman–Crippen LogP) is 1.50. The van der Waals surface area contributed by atoms with Gasteiger partial charge < -0.3 is 10.6 Å². The second kappa shape index (κ2) is 5.59. The summed E-state index contributed by atoms with van der Waals surface area (Å²) in [5.74, 6) is -0.794. The van der Waals surface area contributed by atoms with Crippen LogP contribution in [0.4, 0.5) is 10.1 Å². The minimum atomic E-state index is -3.86. The number of halogens is 2. The van der Waals surface area contributed by atoms with E-state index in [-0.39, 0.29) is 16.6 Å². The number of sulfonamides is 1. The molecule has 0 amide bonds. The van der Waals surface area contributed by atoms with Gasteiger partial charge in [0.15, 0.2) is 0 Å². The maximum Gasteiger partial charge on any atom is 0.246 e. The van der Waals surface area contributed by atoms with E-state index in [1.165, 1.54) is 4.31 Å². The Morgan fingerprint density at radius 3 is 2.65 bits per heavy atom. The van der Waals surface area contributed by atoms with Crippen molar-refractivity contribution in [3.63, 3.8) is 0 Å². The van der Waals surface area contributed by atoms with Crippen LogP contribution in [0.3, 0.4) is 0 Å². The lowest BCUT2D eigenvalue weighted by Gasteiger charge is -2.36. The molecule has 2 rings (SSSR count). The van der Waals surface area contributed by atoms with E-state index in [9.17, 15) is 12.8 Å². The van der Waals surface area contributed by atoms with Crippen LogP contribution in [0.2, 0.25) is 0 Å². The van der Waals surface area contributed by atoms with Gasteiger partial charge in [-0.15, -0.1) is 0 Å². The highest BCUT2D eigenvalue weighted by Crippen LogP contribution is 2.28. The Balaban J connectivity index is 2.38. The molecule has 0 aromatic heterocycles. The van der Waals surface area contributed by atoms with Crippen molar-refractivity contribution in [1.29, 1.82) is 0 Å². The first-order chi connectivity index (χ1) is 9.23. The van der Waals surface area contributed by atoms with E-state index in [1.807, 2.05) is 14.0 Å². The van der Waals surface area contributed by atoms with Crippen LogP contribution in [-0.2, 0) is 10.0 Å². The summed E-state index contributed by atoms with van der Waals surface area (Å²) in [7, 11) is -1.92. The normalized spacial score (nSPS) is 22.1. The molecule has 20 heavy (non-hydrogen) atoms. The fraction of sp³-hybridized carbons (Fsp3) is 0.500. The molecule has 112 valence electrons. The Morgan fingerprint density at radius 1 is 1.40 bits per heavy atom. The van der Waals surface area contributed by atoms with Crippen molar-refractivity contribution in [2.45, 2.75) is 17.9 Å². The third-order valence-corrected chi connectivity index (χ3v) is 6.16. The molecule has 1 aliphatic rings. The molecule has 1 heterocycles. The molecule has 0 saturated carbocycles. The van der Waals surface area contributed by atoms with Crippen molar-refractivity contribution in [2.24, 2.45) is 0 Å². The molecule has 5 nitrogen and oxygen atoms in total. The van der Waals surface area contributed by atoms with E-state index < -0.39 is 15.8 Å². The summed E-state index contributed by atoms with van der Waals surface area (Å²) >= 11 is 3.08. The summed E-state index contributed by atoms with van der Waals surface area (Å²) in [6, 6.07) is 2.34. The van der Waals surface area contributed by atoms with Gasteiger partial charge in [0.1, 0.15) is 10.7 Å². The third-order valence-electron chi connectivity index (χ3n) is 3.59. The molecule has 0 spiro atoms. The average Bonchev–Trinajstić information content (AvgIpc) is 2.36. The van der Waals surface area contributed by atoms with Crippen molar-refractivity contribution < 1.29 is 12.8 Å². The van der Waals surface area contributed by atoms with Crippen LogP contribution >= 0.6 is 15.9 Å². The molecule has 1 aromatic carbocycles. The summed E-state index contributed by atoms with van der Waals surface area (Å²) in [5.41, 5.74) is 5.86. The number of piperazine rings is 1. The molecular weight excluding hydrogens is 349 g/mol. The molecule has 0 aliphatic carbocycles. The van der Waals surface area contributed by atoms with Crippen molar-refractivity contribution in [2.75, 3.05) is 32.4 Å². The molecule has 1 unspecified atom stereocenters. The quantitative estimate of drug-likeness (QED) is 0.806. The fourth-order valence-electron chi connectivity index (χ4n) is 2.11. The molecule has 1 aromatic rings. The van der Waals surface area contributed by atoms with Crippen LogP contribution < -0.4 is 5.73 Å².